The number of anilines is 2. The van der Waals surface area contributed by atoms with Gasteiger partial charge in [-0.3, -0.25) is 4.79 Å². The standard InChI is InChI=1S/C28H34N4O/c1-19(22-15-9-11-20-10-5-8-14-23(20)22)16-25-29-17-24-26(30-25)32(21-12-6-7-13-21)18-28(2,3)27(33)31(24)4/h5,8-11,14-15,17,19,21H,6-7,12-13,16,18H2,1-4H3. The van der Waals surface area contributed by atoms with Gasteiger partial charge in [0.05, 0.1) is 11.6 Å². The third-order valence-corrected chi connectivity index (χ3v) is 7.49. The van der Waals surface area contributed by atoms with Crippen LogP contribution in [0.5, 0.6) is 0 Å². The highest BCUT2D eigenvalue weighted by molar-refractivity contribution is 6.00. The smallest absolute Gasteiger partial charge is 0.234 e. The molecule has 5 heteroatoms. The van der Waals surface area contributed by atoms with Gasteiger partial charge in [0.15, 0.2) is 5.82 Å². The first kappa shape index (κ1) is 21.9. The van der Waals surface area contributed by atoms with E-state index in [2.05, 4.69) is 68.1 Å². The van der Waals surface area contributed by atoms with E-state index in [4.69, 9.17) is 9.97 Å². The molecular weight excluding hydrogens is 408 g/mol. The van der Waals surface area contributed by atoms with Crippen molar-refractivity contribution in [2.75, 3.05) is 23.4 Å². The fourth-order valence-electron chi connectivity index (χ4n) is 5.66. The van der Waals surface area contributed by atoms with Crippen LogP contribution in [0.15, 0.2) is 48.7 Å². The SMILES string of the molecule is CC(Cc1ncc2c(n1)N(C1CCCC1)CC(C)(C)C(=O)N2C)c1cccc2ccccc12. The average Bonchev–Trinajstić information content (AvgIpc) is 3.34. The number of nitrogens with zero attached hydrogens (tertiary/aromatic N) is 4. The summed E-state index contributed by atoms with van der Waals surface area (Å²) in [7, 11) is 1.86. The molecule has 1 aliphatic heterocycles. The Balaban J connectivity index is 1.52. The number of hydrogen-bond acceptors (Lipinski definition) is 4. The molecule has 1 amide bonds. The van der Waals surface area contributed by atoms with Crippen LogP contribution in [0.1, 0.15) is 63.8 Å². The molecule has 5 nitrogen and oxygen atoms in total. The van der Waals surface area contributed by atoms with Crippen molar-refractivity contribution in [3.05, 3.63) is 60.0 Å². The number of aromatic nitrogens is 2. The van der Waals surface area contributed by atoms with Gasteiger partial charge in [0.2, 0.25) is 5.91 Å². The zero-order chi connectivity index (χ0) is 23.2. The maximum Gasteiger partial charge on any atom is 0.234 e. The number of amides is 1. The minimum absolute atomic E-state index is 0.129. The second kappa shape index (κ2) is 8.44. The molecule has 33 heavy (non-hydrogen) atoms. The largest absolute Gasteiger partial charge is 0.351 e. The molecule has 172 valence electrons. The normalized spacial score (nSPS) is 19.6. The highest BCUT2D eigenvalue weighted by Crippen LogP contribution is 2.40. The van der Waals surface area contributed by atoms with Crippen molar-refractivity contribution in [2.45, 2.75) is 64.8 Å². The summed E-state index contributed by atoms with van der Waals surface area (Å²) >= 11 is 0. The Bertz CT molecular complexity index is 1180. The number of fused-ring (bicyclic) bond motifs is 2. The van der Waals surface area contributed by atoms with Crippen molar-refractivity contribution in [3.63, 3.8) is 0 Å². The van der Waals surface area contributed by atoms with Gasteiger partial charge in [-0.1, -0.05) is 62.2 Å². The summed E-state index contributed by atoms with van der Waals surface area (Å²) in [5.74, 6) is 2.19. The molecule has 1 unspecified atom stereocenters. The molecule has 0 radical (unpaired) electrons. The summed E-state index contributed by atoms with van der Waals surface area (Å²) in [5.41, 5.74) is 1.70. The van der Waals surface area contributed by atoms with E-state index in [1.807, 2.05) is 13.2 Å². The van der Waals surface area contributed by atoms with Crippen LogP contribution in [-0.4, -0.2) is 35.5 Å². The van der Waals surface area contributed by atoms with Crippen LogP contribution in [0.4, 0.5) is 11.5 Å². The Morgan fingerprint density at radius 2 is 1.82 bits per heavy atom. The van der Waals surface area contributed by atoms with Crippen LogP contribution in [0.3, 0.4) is 0 Å². The Hall–Kier alpha value is -2.95. The fraction of sp³-hybridized carbons (Fsp3) is 0.464. The Morgan fingerprint density at radius 3 is 2.61 bits per heavy atom. The van der Waals surface area contributed by atoms with Gasteiger partial charge >= 0.3 is 0 Å². The number of rotatable bonds is 4. The molecule has 0 N–H and O–H groups in total. The zero-order valence-electron chi connectivity index (χ0n) is 20.2. The van der Waals surface area contributed by atoms with Gasteiger partial charge in [-0.15, -0.1) is 0 Å². The Labute approximate surface area is 196 Å². The van der Waals surface area contributed by atoms with Gasteiger partial charge < -0.3 is 9.80 Å². The molecule has 3 aromatic rings. The lowest BCUT2D eigenvalue weighted by atomic mass is 9.91. The summed E-state index contributed by atoms with van der Waals surface area (Å²) in [5, 5.41) is 2.56. The molecule has 5 rings (SSSR count). The maximum absolute atomic E-state index is 13.2. The number of carbonyl (C=O) groups is 1. The van der Waals surface area contributed by atoms with Gasteiger partial charge in [-0.2, -0.15) is 0 Å². The molecule has 1 atom stereocenters. The van der Waals surface area contributed by atoms with Crippen molar-refractivity contribution in [3.8, 4) is 0 Å². The Kier molecular flexibility index (Phi) is 5.59. The molecule has 0 bridgehead atoms. The summed E-state index contributed by atoms with van der Waals surface area (Å²) in [6.45, 7) is 7.06. The quantitative estimate of drug-likeness (QED) is 0.518. The van der Waals surface area contributed by atoms with Crippen LogP contribution < -0.4 is 9.80 Å². The van der Waals surface area contributed by atoms with E-state index < -0.39 is 5.41 Å². The molecule has 2 heterocycles. The third-order valence-electron chi connectivity index (χ3n) is 7.49. The first-order valence-electron chi connectivity index (χ1n) is 12.2. The highest BCUT2D eigenvalue weighted by atomic mass is 16.2. The van der Waals surface area contributed by atoms with E-state index in [9.17, 15) is 4.79 Å². The van der Waals surface area contributed by atoms with Crippen LogP contribution in [0.2, 0.25) is 0 Å². The third kappa shape index (κ3) is 3.98. The average molecular weight is 443 g/mol. The summed E-state index contributed by atoms with van der Waals surface area (Å²) < 4.78 is 0. The van der Waals surface area contributed by atoms with Crippen LogP contribution in [0, 0.1) is 5.41 Å². The lowest BCUT2D eigenvalue weighted by Gasteiger charge is -2.34. The zero-order valence-corrected chi connectivity index (χ0v) is 20.2. The highest BCUT2D eigenvalue weighted by Gasteiger charge is 2.41. The van der Waals surface area contributed by atoms with Crippen molar-refractivity contribution in [1.29, 1.82) is 0 Å². The van der Waals surface area contributed by atoms with Crippen molar-refractivity contribution < 1.29 is 4.79 Å². The minimum atomic E-state index is -0.464. The predicted octanol–water partition coefficient (Wildman–Crippen LogP) is 5.73. The lowest BCUT2D eigenvalue weighted by Crippen LogP contribution is -2.45. The monoisotopic (exact) mass is 442 g/mol. The van der Waals surface area contributed by atoms with E-state index in [1.165, 1.54) is 42.0 Å². The van der Waals surface area contributed by atoms with E-state index >= 15 is 0 Å². The van der Waals surface area contributed by atoms with E-state index in [1.54, 1.807) is 4.90 Å². The topological polar surface area (TPSA) is 49.3 Å². The first-order valence-corrected chi connectivity index (χ1v) is 12.2. The van der Waals surface area contributed by atoms with E-state index in [-0.39, 0.29) is 11.8 Å². The molecule has 0 spiro atoms. The van der Waals surface area contributed by atoms with E-state index in [0.717, 1.165) is 23.8 Å². The lowest BCUT2D eigenvalue weighted by molar-refractivity contribution is -0.125. The predicted molar refractivity (Wildman–Crippen MR) is 135 cm³/mol. The molecule has 0 saturated heterocycles. The molecule has 1 aromatic heterocycles. The number of carbonyl (C=O) groups excluding carboxylic acids is 1. The summed E-state index contributed by atoms with van der Waals surface area (Å²) in [4.78, 5) is 27.2. The molecule has 1 saturated carbocycles. The minimum Gasteiger partial charge on any atom is -0.351 e. The van der Waals surface area contributed by atoms with Gasteiger partial charge in [0.1, 0.15) is 11.5 Å². The van der Waals surface area contributed by atoms with Gasteiger partial charge in [-0.25, -0.2) is 9.97 Å². The van der Waals surface area contributed by atoms with Crippen LogP contribution in [0.25, 0.3) is 10.8 Å². The second-order valence-electron chi connectivity index (χ2n) is 10.5. The Morgan fingerprint density at radius 1 is 1.09 bits per heavy atom. The summed E-state index contributed by atoms with van der Waals surface area (Å²) in [6.07, 6.45) is 7.46. The number of hydrogen-bond donors (Lipinski definition) is 0. The van der Waals surface area contributed by atoms with Gasteiger partial charge in [0, 0.05) is 26.1 Å². The van der Waals surface area contributed by atoms with E-state index in [0.29, 0.717) is 12.6 Å². The van der Waals surface area contributed by atoms with Gasteiger partial charge in [0.25, 0.3) is 0 Å². The van der Waals surface area contributed by atoms with Gasteiger partial charge in [-0.05, 0) is 48.9 Å². The van der Waals surface area contributed by atoms with Crippen molar-refractivity contribution in [1.82, 2.24) is 9.97 Å². The van der Waals surface area contributed by atoms with Crippen molar-refractivity contribution >= 4 is 28.2 Å². The molecule has 2 aliphatic rings. The van der Waals surface area contributed by atoms with Crippen molar-refractivity contribution in [2.24, 2.45) is 5.41 Å². The van der Waals surface area contributed by atoms with Crippen LogP contribution in [-0.2, 0) is 11.2 Å². The fourth-order valence-corrected chi connectivity index (χ4v) is 5.66. The first-order chi connectivity index (χ1) is 15.8. The molecule has 1 fully saturated rings. The number of benzene rings is 2. The second-order valence-corrected chi connectivity index (χ2v) is 10.5. The summed E-state index contributed by atoms with van der Waals surface area (Å²) in [6, 6.07) is 15.5. The van der Waals surface area contributed by atoms with Crippen LogP contribution >= 0.6 is 0 Å². The molecule has 1 aliphatic carbocycles. The maximum atomic E-state index is 13.2. The molecular formula is C28H34N4O. The molecule has 2 aromatic carbocycles.